The minimum atomic E-state index is -0.608. The number of carbonyl (C=O) groups excluding carboxylic acids is 2. The van der Waals surface area contributed by atoms with Gasteiger partial charge in [-0.3, -0.25) is 4.79 Å². The molecule has 0 heterocycles. The van der Waals surface area contributed by atoms with Crippen molar-refractivity contribution in [2.45, 2.75) is 26.7 Å². The predicted octanol–water partition coefficient (Wildman–Crippen LogP) is 3.94. The summed E-state index contributed by atoms with van der Waals surface area (Å²) in [4.78, 5) is 24.6. The fraction of sp³-hybridized carbons (Fsp3) is 0.364. The van der Waals surface area contributed by atoms with Crippen LogP contribution in [0.4, 0.5) is 5.69 Å². The van der Waals surface area contributed by atoms with E-state index in [4.69, 9.17) is 18.9 Å². The van der Waals surface area contributed by atoms with Gasteiger partial charge in [0, 0.05) is 12.1 Å². The highest BCUT2D eigenvalue weighted by Gasteiger charge is 2.19. The van der Waals surface area contributed by atoms with Crippen molar-refractivity contribution in [3.63, 3.8) is 0 Å². The normalized spacial score (nSPS) is 10.4. The molecule has 0 saturated heterocycles. The fourth-order valence-corrected chi connectivity index (χ4v) is 2.83. The van der Waals surface area contributed by atoms with Gasteiger partial charge in [-0.05, 0) is 30.0 Å². The monoisotopic (exact) mass is 401 g/mol. The van der Waals surface area contributed by atoms with E-state index in [0.29, 0.717) is 17.2 Å². The molecule has 2 aromatic carbocycles. The lowest BCUT2D eigenvalue weighted by Gasteiger charge is -2.16. The molecule has 0 aliphatic rings. The first-order valence-corrected chi connectivity index (χ1v) is 9.18. The SMILES string of the molecule is COC(=O)c1cc(OC)c(OC)cc1NC(=O)COc1cc(C)ccc1C(C)C. The number of rotatable bonds is 8. The summed E-state index contributed by atoms with van der Waals surface area (Å²) in [6.45, 7) is 5.87. The lowest BCUT2D eigenvalue weighted by Crippen LogP contribution is -2.22. The molecule has 1 N–H and O–H groups in total. The first-order chi connectivity index (χ1) is 13.8. The molecule has 0 aliphatic carbocycles. The molecular formula is C22H27NO6. The maximum atomic E-state index is 12.5. The van der Waals surface area contributed by atoms with Crippen molar-refractivity contribution < 1.29 is 28.5 Å². The summed E-state index contributed by atoms with van der Waals surface area (Å²) in [5.41, 5.74) is 2.45. The van der Waals surface area contributed by atoms with Crippen LogP contribution in [0.1, 0.15) is 41.3 Å². The number of anilines is 1. The van der Waals surface area contributed by atoms with Gasteiger partial charge in [0.05, 0.1) is 32.6 Å². The van der Waals surface area contributed by atoms with Crippen molar-refractivity contribution in [1.29, 1.82) is 0 Å². The van der Waals surface area contributed by atoms with Gasteiger partial charge in [0.1, 0.15) is 5.75 Å². The second-order valence-electron chi connectivity index (χ2n) is 6.78. The summed E-state index contributed by atoms with van der Waals surface area (Å²) in [6, 6.07) is 8.87. The maximum Gasteiger partial charge on any atom is 0.340 e. The van der Waals surface area contributed by atoms with Crippen LogP contribution in [-0.4, -0.2) is 39.8 Å². The van der Waals surface area contributed by atoms with Crippen molar-refractivity contribution in [1.82, 2.24) is 0 Å². The smallest absolute Gasteiger partial charge is 0.340 e. The van der Waals surface area contributed by atoms with Crippen LogP contribution in [0.25, 0.3) is 0 Å². The average Bonchev–Trinajstić information content (AvgIpc) is 2.71. The molecule has 0 unspecified atom stereocenters. The molecule has 0 aromatic heterocycles. The Morgan fingerprint density at radius 3 is 2.21 bits per heavy atom. The zero-order chi connectivity index (χ0) is 21.6. The van der Waals surface area contributed by atoms with Gasteiger partial charge in [0.15, 0.2) is 18.1 Å². The molecule has 0 aliphatic heterocycles. The minimum absolute atomic E-state index is 0.150. The molecular weight excluding hydrogens is 374 g/mol. The molecule has 2 rings (SSSR count). The van der Waals surface area contributed by atoms with Gasteiger partial charge in [0.25, 0.3) is 5.91 Å². The van der Waals surface area contributed by atoms with Crippen LogP contribution in [0, 0.1) is 6.92 Å². The van der Waals surface area contributed by atoms with Gasteiger partial charge in [-0.25, -0.2) is 4.79 Å². The number of carbonyl (C=O) groups is 2. The van der Waals surface area contributed by atoms with Crippen molar-refractivity contribution in [2.24, 2.45) is 0 Å². The summed E-state index contributed by atoms with van der Waals surface area (Å²) in [7, 11) is 4.19. The zero-order valence-corrected chi connectivity index (χ0v) is 17.6. The predicted molar refractivity (Wildman–Crippen MR) is 110 cm³/mol. The third-order valence-corrected chi connectivity index (χ3v) is 4.35. The summed E-state index contributed by atoms with van der Waals surface area (Å²) in [5.74, 6) is 0.614. The van der Waals surface area contributed by atoms with Gasteiger partial charge in [-0.15, -0.1) is 0 Å². The van der Waals surface area contributed by atoms with Crippen LogP contribution in [0.5, 0.6) is 17.2 Å². The van der Waals surface area contributed by atoms with E-state index in [-0.39, 0.29) is 23.8 Å². The van der Waals surface area contributed by atoms with Crippen LogP contribution in [-0.2, 0) is 9.53 Å². The Kier molecular flexibility index (Phi) is 7.47. The highest BCUT2D eigenvalue weighted by atomic mass is 16.5. The second-order valence-corrected chi connectivity index (χ2v) is 6.78. The average molecular weight is 401 g/mol. The molecule has 2 aromatic rings. The standard InChI is InChI=1S/C22H27NO6/c1-13(2)15-8-7-14(3)9-18(15)29-12-21(24)23-17-11-20(27-5)19(26-4)10-16(17)22(25)28-6/h7-11,13H,12H2,1-6H3,(H,23,24). The van der Waals surface area contributed by atoms with E-state index in [1.54, 1.807) is 0 Å². The Balaban J connectivity index is 2.22. The number of ether oxygens (including phenoxy) is 4. The Labute approximate surface area is 170 Å². The number of nitrogens with one attached hydrogen (secondary N) is 1. The van der Waals surface area contributed by atoms with E-state index in [1.165, 1.54) is 33.5 Å². The minimum Gasteiger partial charge on any atom is -0.493 e. The highest BCUT2D eigenvalue weighted by molar-refractivity contribution is 6.02. The topological polar surface area (TPSA) is 83.1 Å². The summed E-state index contributed by atoms with van der Waals surface area (Å²) >= 11 is 0. The first kappa shape index (κ1) is 22.1. The molecule has 0 atom stereocenters. The Morgan fingerprint density at radius 2 is 1.62 bits per heavy atom. The van der Waals surface area contributed by atoms with Crippen LogP contribution >= 0.6 is 0 Å². The number of hydrogen-bond donors (Lipinski definition) is 1. The van der Waals surface area contributed by atoms with Crippen LogP contribution in [0.2, 0.25) is 0 Å². The lowest BCUT2D eigenvalue weighted by molar-refractivity contribution is -0.118. The zero-order valence-electron chi connectivity index (χ0n) is 17.6. The first-order valence-electron chi connectivity index (χ1n) is 9.18. The molecule has 29 heavy (non-hydrogen) atoms. The molecule has 0 radical (unpaired) electrons. The molecule has 0 saturated carbocycles. The summed E-state index contributed by atoms with van der Waals surface area (Å²) in [5, 5.41) is 2.69. The number of benzene rings is 2. The largest absolute Gasteiger partial charge is 0.493 e. The second kappa shape index (κ2) is 9.82. The van der Waals surface area contributed by atoms with Crippen molar-refractivity contribution in [3.8, 4) is 17.2 Å². The number of esters is 1. The van der Waals surface area contributed by atoms with Gasteiger partial charge in [-0.2, -0.15) is 0 Å². The van der Waals surface area contributed by atoms with Gasteiger partial charge in [0.2, 0.25) is 0 Å². The fourth-order valence-electron chi connectivity index (χ4n) is 2.83. The van der Waals surface area contributed by atoms with Gasteiger partial charge >= 0.3 is 5.97 Å². The molecule has 0 spiro atoms. The van der Waals surface area contributed by atoms with E-state index < -0.39 is 11.9 Å². The number of amides is 1. The van der Waals surface area contributed by atoms with E-state index in [9.17, 15) is 9.59 Å². The van der Waals surface area contributed by atoms with E-state index in [2.05, 4.69) is 19.2 Å². The summed E-state index contributed by atoms with van der Waals surface area (Å²) in [6.07, 6.45) is 0. The van der Waals surface area contributed by atoms with E-state index in [0.717, 1.165) is 11.1 Å². The number of methoxy groups -OCH3 is 3. The van der Waals surface area contributed by atoms with Gasteiger partial charge < -0.3 is 24.3 Å². The van der Waals surface area contributed by atoms with Crippen LogP contribution in [0.15, 0.2) is 30.3 Å². The van der Waals surface area contributed by atoms with E-state index >= 15 is 0 Å². The van der Waals surface area contributed by atoms with Crippen molar-refractivity contribution in [3.05, 3.63) is 47.0 Å². The Bertz CT molecular complexity index is 891. The maximum absolute atomic E-state index is 12.5. The van der Waals surface area contributed by atoms with E-state index in [1.807, 2.05) is 25.1 Å². The molecule has 0 bridgehead atoms. The summed E-state index contributed by atoms with van der Waals surface area (Å²) < 4.78 is 21.0. The molecule has 156 valence electrons. The molecule has 7 heteroatoms. The quantitative estimate of drug-likeness (QED) is 0.675. The third-order valence-electron chi connectivity index (χ3n) is 4.35. The molecule has 7 nitrogen and oxygen atoms in total. The number of hydrogen-bond acceptors (Lipinski definition) is 6. The lowest BCUT2D eigenvalue weighted by atomic mass is 10.0. The Hall–Kier alpha value is -3.22. The molecule has 1 amide bonds. The van der Waals surface area contributed by atoms with Crippen molar-refractivity contribution in [2.75, 3.05) is 33.3 Å². The Morgan fingerprint density at radius 1 is 0.966 bits per heavy atom. The highest BCUT2D eigenvalue weighted by Crippen LogP contribution is 2.34. The van der Waals surface area contributed by atoms with Crippen LogP contribution < -0.4 is 19.5 Å². The molecule has 0 fully saturated rings. The third kappa shape index (κ3) is 5.40. The number of aryl methyl sites for hydroxylation is 1. The van der Waals surface area contributed by atoms with Gasteiger partial charge in [-0.1, -0.05) is 26.0 Å². The van der Waals surface area contributed by atoms with Crippen LogP contribution in [0.3, 0.4) is 0 Å². The van der Waals surface area contributed by atoms with Crippen molar-refractivity contribution >= 4 is 17.6 Å².